The molecule has 1 aliphatic heterocycles. The van der Waals surface area contributed by atoms with Crippen LogP contribution >= 0.6 is 0 Å². The van der Waals surface area contributed by atoms with Crippen molar-refractivity contribution in [3.63, 3.8) is 0 Å². The van der Waals surface area contributed by atoms with Crippen molar-refractivity contribution >= 4 is 10.9 Å². The second-order valence-corrected chi connectivity index (χ2v) is 8.54. The molecule has 8 nitrogen and oxygen atoms in total. The maximum Gasteiger partial charge on any atom is 0.331 e. The molecule has 1 atom stereocenters. The minimum absolute atomic E-state index is 0.326. The van der Waals surface area contributed by atoms with E-state index in [-0.39, 0.29) is 11.2 Å². The molecule has 0 aliphatic carbocycles. The number of aryl methyl sites for hydroxylation is 2. The maximum absolute atomic E-state index is 13.5. The van der Waals surface area contributed by atoms with E-state index in [0.717, 1.165) is 32.6 Å². The van der Waals surface area contributed by atoms with Gasteiger partial charge in [-0.25, -0.2) is 4.79 Å². The third-order valence-corrected chi connectivity index (χ3v) is 6.56. The highest BCUT2D eigenvalue weighted by atomic mass is 16.5. The molecule has 2 aromatic heterocycles. The van der Waals surface area contributed by atoms with Gasteiger partial charge in [-0.2, -0.15) is 0 Å². The van der Waals surface area contributed by atoms with Crippen LogP contribution in [-0.4, -0.2) is 34.5 Å². The SMILES string of the molecule is COc1ccc(OC)c(C2OCCn3c(-c4cccc(C)c4)c4c(=O)n(C)c(=O)n(C)c4c32)c1. The quantitative estimate of drug-likeness (QED) is 0.467. The van der Waals surface area contributed by atoms with Gasteiger partial charge in [0.25, 0.3) is 5.56 Å². The zero-order valence-electron chi connectivity index (χ0n) is 19.9. The van der Waals surface area contributed by atoms with Crippen molar-refractivity contribution in [2.75, 3.05) is 20.8 Å². The van der Waals surface area contributed by atoms with Gasteiger partial charge in [0.15, 0.2) is 0 Å². The molecule has 8 heteroatoms. The molecular weight excluding hydrogens is 434 g/mol. The molecule has 1 aliphatic rings. The smallest absolute Gasteiger partial charge is 0.331 e. The van der Waals surface area contributed by atoms with Crippen LogP contribution in [0.5, 0.6) is 11.5 Å². The molecule has 5 rings (SSSR count). The van der Waals surface area contributed by atoms with Crippen molar-refractivity contribution in [2.24, 2.45) is 14.1 Å². The van der Waals surface area contributed by atoms with Gasteiger partial charge in [-0.05, 0) is 36.8 Å². The summed E-state index contributed by atoms with van der Waals surface area (Å²) in [5.41, 5.74) is 4.18. The third-order valence-electron chi connectivity index (χ3n) is 6.56. The van der Waals surface area contributed by atoms with Gasteiger partial charge < -0.3 is 18.8 Å². The highest BCUT2D eigenvalue weighted by Crippen LogP contribution is 2.43. The molecule has 3 heterocycles. The zero-order chi connectivity index (χ0) is 24.1. The number of rotatable bonds is 4. The number of methoxy groups -OCH3 is 2. The Bertz CT molecular complexity index is 1540. The molecule has 1 unspecified atom stereocenters. The lowest BCUT2D eigenvalue weighted by atomic mass is 10.0. The molecule has 0 bridgehead atoms. The Balaban J connectivity index is 1.94. The molecule has 4 aromatic rings. The predicted octanol–water partition coefficient (Wildman–Crippen LogP) is 3.15. The van der Waals surface area contributed by atoms with E-state index in [9.17, 15) is 9.59 Å². The van der Waals surface area contributed by atoms with Crippen LogP contribution in [0.15, 0.2) is 52.1 Å². The Kier molecular flexibility index (Phi) is 5.32. The average molecular weight is 462 g/mol. The van der Waals surface area contributed by atoms with E-state index in [1.54, 1.807) is 21.3 Å². The second-order valence-electron chi connectivity index (χ2n) is 8.54. The first-order chi connectivity index (χ1) is 16.4. The van der Waals surface area contributed by atoms with Crippen molar-refractivity contribution < 1.29 is 14.2 Å². The normalized spacial score (nSPS) is 15.4. The Morgan fingerprint density at radius 3 is 2.50 bits per heavy atom. The summed E-state index contributed by atoms with van der Waals surface area (Å²) in [6, 6.07) is 13.6. The summed E-state index contributed by atoms with van der Waals surface area (Å²) >= 11 is 0. The molecular formula is C26H27N3O5. The van der Waals surface area contributed by atoms with Gasteiger partial charge in [0.2, 0.25) is 0 Å². The van der Waals surface area contributed by atoms with Crippen LogP contribution in [0.2, 0.25) is 0 Å². The van der Waals surface area contributed by atoms with Gasteiger partial charge in [-0.1, -0.05) is 23.8 Å². The topological polar surface area (TPSA) is 76.6 Å². The minimum atomic E-state index is -0.558. The van der Waals surface area contributed by atoms with Crippen LogP contribution in [0.25, 0.3) is 22.2 Å². The van der Waals surface area contributed by atoms with Gasteiger partial charge in [0, 0.05) is 26.2 Å². The fourth-order valence-electron chi connectivity index (χ4n) is 4.95. The van der Waals surface area contributed by atoms with Crippen molar-refractivity contribution in [3.05, 3.63) is 80.1 Å². The Morgan fingerprint density at radius 1 is 1.00 bits per heavy atom. The Morgan fingerprint density at radius 2 is 1.79 bits per heavy atom. The van der Waals surface area contributed by atoms with Crippen LogP contribution in [0.1, 0.15) is 22.9 Å². The molecule has 176 valence electrons. The van der Waals surface area contributed by atoms with Crippen LogP contribution < -0.4 is 20.7 Å². The fourth-order valence-corrected chi connectivity index (χ4v) is 4.95. The predicted molar refractivity (Wildman–Crippen MR) is 130 cm³/mol. The minimum Gasteiger partial charge on any atom is -0.497 e. The number of ether oxygens (including phenoxy) is 3. The number of aromatic nitrogens is 3. The number of fused-ring (bicyclic) bond motifs is 3. The van der Waals surface area contributed by atoms with Crippen LogP contribution in [-0.2, 0) is 25.4 Å². The lowest BCUT2D eigenvalue weighted by Crippen LogP contribution is -2.37. The number of benzene rings is 2. The van der Waals surface area contributed by atoms with Crippen LogP contribution in [0.3, 0.4) is 0 Å². The molecule has 0 saturated heterocycles. The van der Waals surface area contributed by atoms with Crippen LogP contribution in [0, 0.1) is 6.92 Å². The summed E-state index contributed by atoms with van der Waals surface area (Å²) in [5, 5.41) is 0.502. The monoisotopic (exact) mass is 461 g/mol. The van der Waals surface area contributed by atoms with Gasteiger partial charge in [-0.15, -0.1) is 0 Å². The summed E-state index contributed by atoms with van der Waals surface area (Å²) in [7, 11) is 6.42. The van der Waals surface area contributed by atoms with E-state index in [2.05, 4.69) is 10.6 Å². The number of nitrogens with zero attached hydrogens (tertiary/aromatic N) is 3. The summed E-state index contributed by atoms with van der Waals surface area (Å²) in [6.45, 7) is 3.01. The first-order valence-corrected chi connectivity index (χ1v) is 11.1. The Hall–Kier alpha value is -3.78. The molecule has 34 heavy (non-hydrogen) atoms. The highest BCUT2D eigenvalue weighted by Gasteiger charge is 2.34. The third kappa shape index (κ3) is 3.17. The molecule has 0 radical (unpaired) electrons. The van der Waals surface area contributed by atoms with E-state index in [0.29, 0.717) is 35.6 Å². The van der Waals surface area contributed by atoms with Gasteiger partial charge in [0.05, 0.1) is 43.1 Å². The number of hydrogen-bond acceptors (Lipinski definition) is 5. The van der Waals surface area contributed by atoms with Crippen molar-refractivity contribution in [1.82, 2.24) is 13.7 Å². The average Bonchev–Trinajstić information content (AvgIpc) is 3.21. The van der Waals surface area contributed by atoms with E-state index in [1.165, 1.54) is 11.6 Å². The maximum atomic E-state index is 13.5. The van der Waals surface area contributed by atoms with E-state index < -0.39 is 6.10 Å². The Labute approximate surface area is 196 Å². The highest BCUT2D eigenvalue weighted by molar-refractivity contribution is 5.96. The van der Waals surface area contributed by atoms with Crippen LogP contribution in [0.4, 0.5) is 0 Å². The van der Waals surface area contributed by atoms with Crippen molar-refractivity contribution in [2.45, 2.75) is 19.6 Å². The lowest BCUT2D eigenvalue weighted by molar-refractivity contribution is 0.0462. The number of hydrogen-bond donors (Lipinski definition) is 0. The summed E-state index contributed by atoms with van der Waals surface area (Å²) in [5.74, 6) is 1.30. The zero-order valence-corrected chi connectivity index (χ0v) is 19.9. The first kappa shape index (κ1) is 22.0. The molecule has 0 amide bonds. The van der Waals surface area contributed by atoms with E-state index in [1.807, 2.05) is 43.3 Å². The molecule has 0 fully saturated rings. The molecule has 0 N–H and O–H groups in total. The van der Waals surface area contributed by atoms with Gasteiger partial charge in [-0.3, -0.25) is 13.9 Å². The van der Waals surface area contributed by atoms with E-state index in [4.69, 9.17) is 14.2 Å². The largest absolute Gasteiger partial charge is 0.497 e. The van der Waals surface area contributed by atoms with Gasteiger partial charge in [0.1, 0.15) is 17.6 Å². The van der Waals surface area contributed by atoms with Crippen molar-refractivity contribution in [3.8, 4) is 22.8 Å². The van der Waals surface area contributed by atoms with Gasteiger partial charge >= 0.3 is 5.69 Å². The molecule has 2 aromatic carbocycles. The second kappa shape index (κ2) is 8.22. The molecule has 0 spiro atoms. The van der Waals surface area contributed by atoms with Crippen molar-refractivity contribution in [1.29, 1.82) is 0 Å². The first-order valence-electron chi connectivity index (χ1n) is 11.1. The summed E-state index contributed by atoms with van der Waals surface area (Å²) in [4.78, 5) is 26.5. The van der Waals surface area contributed by atoms with E-state index >= 15 is 0 Å². The lowest BCUT2D eigenvalue weighted by Gasteiger charge is -2.29. The summed E-state index contributed by atoms with van der Waals surface area (Å²) < 4.78 is 22.2. The fraction of sp³-hybridized carbons (Fsp3) is 0.308. The summed E-state index contributed by atoms with van der Waals surface area (Å²) in [6.07, 6.45) is -0.558. The standard InChI is InChI=1S/C26H27N3O5/c1-15-7-6-8-16(13-15)21-20-22(27(2)26(31)28(3)25(20)30)23-24(34-12-11-29(21)23)18-14-17(32-4)9-10-19(18)33-5/h6-10,13-14,24H,11-12H2,1-5H3. The molecule has 0 saturated carbocycles.